The van der Waals surface area contributed by atoms with Gasteiger partial charge in [-0.3, -0.25) is 4.99 Å². The van der Waals surface area contributed by atoms with Crippen LogP contribution in [0.2, 0.25) is 0 Å². The predicted octanol–water partition coefficient (Wildman–Crippen LogP) is 2.63. The van der Waals surface area contributed by atoms with Gasteiger partial charge in [0.2, 0.25) is 0 Å². The SMILES string of the molecule is CCc1cnc(CCNC(=NC)NCc2cccc(OC)c2OC)s1. The van der Waals surface area contributed by atoms with Gasteiger partial charge in [0.25, 0.3) is 0 Å². The van der Waals surface area contributed by atoms with E-state index in [1.165, 1.54) is 4.88 Å². The molecule has 0 unspecified atom stereocenters. The molecule has 1 aromatic heterocycles. The zero-order chi connectivity index (χ0) is 18.1. The van der Waals surface area contributed by atoms with Crippen LogP contribution >= 0.6 is 11.3 Å². The van der Waals surface area contributed by atoms with Gasteiger partial charge in [0.1, 0.15) is 0 Å². The van der Waals surface area contributed by atoms with Gasteiger partial charge in [0.05, 0.1) is 19.2 Å². The summed E-state index contributed by atoms with van der Waals surface area (Å²) in [7, 11) is 5.04. The van der Waals surface area contributed by atoms with Gasteiger partial charge in [0.15, 0.2) is 17.5 Å². The second-order valence-corrected chi connectivity index (χ2v) is 6.53. The highest BCUT2D eigenvalue weighted by Gasteiger charge is 2.10. The molecule has 0 atom stereocenters. The smallest absolute Gasteiger partial charge is 0.191 e. The van der Waals surface area contributed by atoms with Crippen LogP contribution in [0.25, 0.3) is 0 Å². The molecule has 2 aromatic rings. The van der Waals surface area contributed by atoms with E-state index in [4.69, 9.17) is 9.47 Å². The van der Waals surface area contributed by atoms with E-state index < -0.39 is 0 Å². The molecule has 0 bridgehead atoms. The van der Waals surface area contributed by atoms with Gasteiger partial charge in [0, 0.05) is 43.2 Å². The second kappa shape index (κ2) is 9.88. The lowest BCUT2D eigenvalue weighted by atomic mass is 10.2. The van der Waals surface area contributed by atoms with E-state index in [0.717, 1.165) is 47.4 Å². The fourth-order valence-electron chi connectivity index (χ4n) is 2.41. The van der Waals surface area contributed by atoms with Gasteiger partial charge >= 0.3 is 0 Å². The Morgan fingerprint density at radius 3 is 2.72 bits per heavy atom. The Hall–Kier alpha value is -2.28. The minimum Gasteiger partial charge on any atom is -0.493 e. The fraction of sp³-hybridized carbons (Fsp3) is 0.444. The lowest BCUT2D eigenvalue weighted by Gasteiger charge is -2.15. The summed E-state index contributed by atoms with van der Waals surface area (Å²) in [6.45, 7) is 3.52. The molecule has 0 radical (unpaired) electrons. The number of benzene rings is 1. The zero-order valence-electron chi connectivity index (χ0n) is 15.3. The van der Waals surface area contributed by atoms with Crippen LogP contribution in [0.15, 0.2) is 29.4 Å². The summed E-state index contributed by atoms with van der Waals surface area (Å²) < 4.78 is 10.8. The number of thiazole rings is 1. The molecule has 0 aliphatic heterocycles. The average Bonchev–Trinajstić information content (AvgIpc) is 3.11. The molecule has 1 heterocycles. The highest BCUT2D eigenvalue weighted by atomic mass is 32.1. The molecule has 2 N–H and O–H groups in total. The lowest BCUT2D eigenvalue weighted by Crippen LogP contribution is -2.37. The number of guanidine groups is 1. The first-order chi connectivity index (χ1) is 12.2. The molecular formula is C18H26N4O2S. The Kier molecular flexibility index (Phi) is 7.53. The number of aryl methyl sites for hydroxylation is 1. The quantitative estimate of drug-likeness (QED) is 0.558. The molecule has 0 saturated heterocycles. The molecule has 0 aliphatic rings. The molecule has 6 nitrogen and oxygen atoms in total. The van der Waals surface area contributed by atoms with Crippen LogP contribution in [0.4, 0.5) is 0 Å². The van der Waals surface area contributed by atoms with Crippen LogP contribution in [-0.4, -0.2) is 38.8 Å². The van der Waals surface area contributed by atoms with Crippen LogP contribution < -0.4 is 20.1 Å². The van der Waals surface area contributed by atoms with E-state index in [2.05, 4.69) is 27.5 Å². The van der Waals surface area contributed by atoms with E-state index in [1.54, 1.807) is 32.6 Å². The van der Waals surface area contributed by atoms with Crippen molar-refractivity contribution in [2.24, 2.45) is 4.99 Å². The molecule has 0 aliphatic carbocycles. The average molecular weight is 362 g/mol. The third-order valence-electron chi connectivity index (χ3n) is 3.74. The summed E-state index contributed by atoms with van der Waals surface area (Å²) in [5.41, 5.74) is 1.01. The molecular weight excluding hydrogens is 336 g/mol. The highest BCUT2D eigenvalue weighted by Crippen LogP contribution is 2.30. The van der Waals surface area contributed by atoms with Crippen molar-refractivity contribution < 1.29 is 9.47 Å². The number of rotatable bonds is 8. The largest absolute Gasteiger partial charge is 0.493 e. The molecule has 136 valence electrons. The maximum absolute atomic E-state index is 5.45. The number of para-hydroxylation sites is 1. The Morgan fingerprint density at radius 2 is 2.08 bits per heavy atom. The maximum Gasteiger partial charge on any atom is 0.191 e. The maximum atomic E-state index is 5.45. The number of hydrogen-bond donors (Lipinski definition) is 2. The van der Waals surface area contributed by atoms with Crippen LogP contribution in [0.5, 0.6) is 11.5 Å². The number of nitrogens with one attached hydrogen (secondary N) is 2. The molecule has 0 amide bonds. The van der Waals surface area contributed by atoms with Crippen molar-refractivity contribution >= 4 is 17.3 Å². The number of hydrogen-bond acceptors (Lipinski definition) is 5. The van der Waals surface area contributed by atoms with Gasteiger partial charge in [-0.05, 0) is 12.5 Å². The minimum absolute atomic E-state index is 0.595. The molecule has 1 aromatic carbocycles. The number of aliphatic imine (C=N–C) groups is 1. The summed E-state index contributed by atoms with van der Waals surface area (Å²) >= 11 is 1.77. The van der Waals surface area contributed by atoms with Crippen LogP contribution in [0.1, 0.15) is 22.4 Å². The molecule has 0 saturated carbocycles. The predicted molar refractivity (Wildman–Crippen MR) is 103 cm³/mol. The Labute approximate surface area is 153 Å². The topological polar surface area (TPSA) is 67.8 Å². The van der Waals surface area contributed by atoms with Gasteiger partial charge in [-0.15, -0.1) is 11.3 Å². The molecule has 25 heavy (non-hydrogen) atoms. The van der Waals surface area contributed by atoms with Crippen molar-refractivity contribution in [3.8, 4) is 11.5 Å². The van der Waals surface area contributed by atoms with Crippen molar-refractivity contribution in [1.82, 2.24) is 15.6 Å². The number of methoxy groups -OCH3 is 2. The first-order valence-electron chi connectivity index (χ1n) is 8.29. The van der Waals surface area contributed by atoms with E-state index in [0.29, 0.717) is 6.54 Å². The first kappa shape index (κ1) is 19.1. The van der Waals surface area contributed by atoms with E-state index >= 15 is 0 Å². The Balaban J connectivity index is 1.86. The van der Waals surface area contributed by atoms with Crippen LogP contribution in [0.3, 0.4) is 0 Å². The van der Waals surface area contributed by atoms with Crippen molar-refractivity contribution in [2.75, 3.05) is 27.8 Å². The third kappa shape index (κ3) is 5.35. The van der Waals surface area contributed by atoms with Crippen LogP contribution in [-0.2, 0) is 19.4 Å². The Morgan fingerprint density at radius 1 is 1.24 bits per heavy atom. The number of nitrogens with zero attached hydrogens (tertiary/aromatic N) is 2. The van der Waals surface area contributed by atoms with E-state index in [9.17, 15) is 0 Å². The van der Waals surface area contributed by atoms with Gasteiger partial charge < -0.3 is 20.1 Å². The van der Waals surface area contributed by atoms with Gasteiger partial charge in [-0.1, -0.05) is 19.1 Å². The normalized spacial score (nSPS) is 11.3. The minimum atomic E-state index is 0.595. The molecule has 0 fully saturated rings. The van der Waals surface area contributed by atoms with Crippen molar-refractivity contribution in [3.05, 3.63) is 39.8 Å². The summed E-state index contributed by atoms with van der Waals surface area (Å²) in [6, 6.07) is 5.83. The van der Waals surface area contributed by atoms with Crippen LogP contribution in [0, 0.1) is 0 Å². The van der Waals surface area contributed by atoms with Gasteiger partial charge in [-0.2, -0.15) is 0 Å². The third-order valence-corrected chi connectivity index (χ3v) is 4.94. The molecule has 2 rings (SSSR count). The number of ether oxygens (including phenoxy) is 2. The zero-order valence-corrected chi connectivity index (χ0v) is 16.1. The second-order valence-electron chi connectivity index (χ2n) is 5.33. The monoisotopic (exact) mass is 362 g/mol. The summed E-state index contributed by atoms with van der Waals surface area (Å²) in [5.74, 6) is 2.21. The fourth-order valence-corrected chi connectivity index (χ4v) is 3.27. The number of aromatic nitrogens is 1. The van der Waals surface area contributed by atoms with Crippen molar-refractivity contribution in [3.63, 3.8) is 0 Å². The van der Waals surface area contributed by atoms with Gasteiger partial charge in [-0.25, -0.2) is 4.98 Å². The van der Waals surface area contributed by atoms with E-state index in [1.807, 2.05) is 24.4 Å². The Bertz CT molecular complexity index is 700. The van der Waals surface area contributed by atoms with Crippen molar-refractivity contribution in [2.45, 2.75) is 26.3 Å². The lowest BCUT2D eigenvalue weighted by molar-refractivity contribution is 0.351. The summed E-state index contributed by atoms with van der Waals surface area (Å²) in [5, 5.41) is 7.76. The summed E-state index contributed by atoms with van der Waals surface area (Å²) in [4.78, 5) is 10.0. The molecule has 7 heteroatoms. The summed E-state index contributed by atoms with van der Waals surface area (Å²) in [6.07, 6.45) is 3.88. The molecule has 0 spiro atoms. The highest BCUT2D eigenvalue weighted by molar-refractivity contribution is 7.11. The first-order valence-corrected chi connectivity index (χ1v) is 9.11. The van der Waals surface area contributed by atoms with Crippen molar-refractivity contribution in [1.29, 1.82) is 0 Å². The van der Waals surface area contributed by atoms with E-state index in [-0.39, 0.29) is 0 Å². The standard InChI is InChI=1S/C18H26N4O2S/c1-5-14-12-21-16(25-14)9-10-20-18(19-2)22-11-13-7-6-8-15(23-3)17(13)24-4/h6-8,12H,5,9-11H2,1-4H3,(H2,19,20,22).